The predicted octanol–water partition coefficient (Wildman–Crippen LogP) is 5.75. The molecule has 0 saturated heterocycles. The van der Waals surface area contributed by atoms with Crippen LogP contribution in [0.2, 0.25) is 0 Å². The Balaban J connectivity index is 1.40. The number of amides is 1. The van der Waals surface area contributed by atoms with Gasteiger partial charge in [-0.25, -0.2) is 13.4 Å². The molecule has 3 aromatic carbocycles. The van der Waals surface area contributed by atoms with E-state index in [0.29, 0.717) is 43.3 Å². The molecule has 0 fully saturated rings. The molecule has 0 saturated carbocycles. The van der Waals surface area contributed by atoms with Crippen LogP contribution in [0.3, 0.4) is 0 Å². The number of sulfonamides is 1. The lowest BCUT2D eigenvalue weighted by Crippen LogP contribution is -2.39. The number of thioether (sulfide) groups is 1. The average molecular weight is 595 g/mol. The Bertz CT molecular complexity index is 1600. The number of nitrogens with zero attached hydrogens (tertiary/aromatic N) is 4. The number of hydrogen-bond donors (Lipinski definition) is 0. The number of aromatic nitrogens is 1. The molecule has 2 heterocycles. The topological polar surface area (TPSA) is 73.8 Å². The second-order valence-corrected chi connectivity index (χ2v) is 13.5. The van der Waals surface area contributed by atoms with Crippen LogP contribution in [0.15, 0.2) is 76.5 Å². The van der Waals surface area contributed by atoms with E-state index in [0.717, 1.165) is 33.8 Å². The molecule has 1 amide bonds. The van der Waals surface area contributed by atoms with Crippen LogP contribution in [0, 0.1) is 0 Å². The van der Waals surface area contributed by atoms with Gasteiger partial charge in [-0.3, -0.25) is 9.69 Å². The Hall–Kier alpha value is -2.76. The van der Waals surface area contributed by atoms with E-state index in [2.05, 4.69) is 30.9 Å². The van der Waals surface area contributed by atoms with Crippen LogP contribution in [0.1, 0.15) is 35.3 Å². The fourth-order valence-electron chi connectivity index (χ4n) is 4.95. The van der Waals surface area contributed by atoms with Gasteiger partial charge in [0.1, 0.15) is 0 Å². The molecule has 210 valence electrons. The third-order valence-corrected chi connectivity index (χ3v) is 11.1. The summed E-state index contributed by atoms with van der Waals surface area (Å²) in [4.78, 5) is 24.0. The summed E-state index contributed by atoms with van der Waals surface area (Å²) >= 11 is 3.18. The number of anilines is 1. The Morgan fingerprint density at radius 3 is 2.42 bits per heavy atom. The average Bonchev–Trinajstić information content (AvgIpc) is 3.42. The van der Waals surface area contributed by atoms with E-state index < -0.39 is 10.0 Å². The molecule has 0 radical (unpaired) electrons. The molecule has 0 atom stereocenters. The number of thiazole rings is 1. The molecule has 40 heavy (non-hydrogen) atoms. The van der Waals surface area contributed by atoms with E-state index in [9.17, 15) is 13.2 Å². The molecule has 4 aromatic rings. The van der Waals surface area contributed by atoms with Crippen LogP contribution in [-0.2, 0) is 23.0 Å². The molecule has 1 aromatic heterocycles. The minimum absolute atomic E-state index is 0.188. The van der Waals surface area contributed by atoms with Gasteiger partial charge in [0.15, 0.2) is 5.13 Å². The van der Waals surface area contributed by atoms with Gasteiger partial charge >= 0.3 is 0 Å². The quantitative estimate of drug-likeness (QED) is 0.218. The van der Waals surface area contributed by atoms with Crippen molar-refractivity contribution in [2.45, 2.75) is 36.6 Å². The zero-order valence-electron chi connectivity index (χ0n) is 23.0. The van der Waals surface area contributed by atoms with Crippen molar-refractivity contribution in [2.24, 2.45) is 0 Å². The summed E-state index contributed by atoms with van der Waals surface area (Å²) in [6, 6.07) is 20.4. The maximum absolute atomic E-state index is 13.8. The number of carbonyl (C=O) groups is 1. The first kappa shape index (κ1) is 28.8. The summed E-state index contributed by atoms with van der Waals surface area (Å²) in [6.07, 6.45) is 2.73. The Kier molecular flexibility index (Phi) is 8.92. The lowest BCUT2D eigenvalue weighted by molar-refractivity contribution is 0.0983. The molecular weight excluding hydrogens is 561 g/mol. The molecule has 1 aliphatic heterocycles. The number of hydrogen-bond acceptors (Lipinski definition) is 7. The SMILES string of the molecule is CCN(CC)CCN(C(=O)c1ccc(S(=O)(=O)N2CCc3ccccc3C2)cc1)c1nc2ccc(SC)cc2s1. The second-order valence-electron chi connectivity index (χ2n) is 9.70. The summed E-state index contributed by atoms with van der Waals surface area (Å²) in [5.41, 5.74) is 3.53. The van der Waals surface area contributed by atoms with Crippen LogP contribution in [0.25, 0.3) is 10.2 Å². The smallest absolute Gasteiger partial charge is 0.260 e. The number of likely N-dealkylation sites (N-methyl/N-ethyl adjacent to an activating group) is 1. The highest BCUT2D eigenvalue weighted by Crippen LogP contribution is 2.33. The fourth-order valence-corrected chi connectivity index (χ4v) is 7.91. The van der Waals surface area contributed by atoms with E-state index in [1.807, 2.05) is 36.6 Å². The van der Waals surface area contributed by atoms with Crippen molar-refractivity contribution in [1.29, 1.82) is 0 Å². The molecule has 0 spiro atoms. The number of rotatable bonds is 10. The van der Waals surface area contributed by atoms with E-state index in [1.165, 1.54) is 21.2 Å². The monoisotopic (exact) mass is 594 g/mol. The summed E-state index contributed by atoms with van der Waals surface area (Å²) in [5, 5.41) is 0.647. The summed E-state index contributed by atoms with van der Waals surface area (Å²) in [6.45, 7) is 8.00. The molecule has 5 rings (SSSR count). The molecule has 0 unspecified atom stereocenters. The third-order valence-electron chi connectivity index (χ3n) is 7.43. The first-order valence-corrected chi connectivity index (χ1v) is 17.0. The van der Waals surface area contributed by atoms with Gasteiger partial charge in [-0.1, -0.05) is 49.4 Å². The van der Waals surface area contributed by atoms with Crippen molar-refractivity contribution < 1.29 is 13.2 Å². The number of carbonyl (C=O) groups excluding carboxylic acids is 1. The highest BCUT2D eigenvalue weighted by molar-refractivity contribution is 7.98. The normalized spacial score (nSPS) is 14.0. The largest absolute Gasteiger partial charge is 0.302 e. The Labute approximate surface area is 244 Å². The first-order valence-electron chi connectivity index (χ1n) is 13.5. The van der Waals surface area contributed by atoms with Crippen LogP contribution >= 0.6 is 23.1 Å². The van der Waals surface area contributed by atoms with Crippen molar-refractivity contribution in [1.82, 2.24) is 14.2 Å². The van der Waals surface area contributed by atoms with Gasteiger partial charge in [-0.2, -0.15) is 4.31 Å². The first-order chi connectivity index (χ1) is 19.3. The van der Waals surface area contributed by atoms with E-state index in [1.54, 1.807) is 40.9 Å². The fraction of sp³-hybridized carbons (Fsp3) is 0.333. The molecule has 0 N–H and O–H groups in total. The van der Waals surface area contributed by atoms with Crippen molar-refractivity contribution >= 4 is 54.4 Å². The van der Waals surface area contributed by atoms with E-state index in [-0.39, 0.29) is 10.8 Å². The number of fused-ring (bicyclic) bond motifs is 2. The van der Waals surface area contributed by atoms with Gasteiger partial charge in [0, 0.05) is 36.6 Å². The third kappa shape index (κ3) is 5.96. The van der Waals surface area contributed by atoms with Crippen LogP contribution in [0.4, 0.5) is 5.13 Å². The van der Waals surface area contributed by atoms with Crippen molar-refractivity contribution in [3.8, 4) is 0 Å². The minimum Gasteiger partial charge on any atom is -0.302 e. The summed E-state index contributed by atoms with van der Waals surface area (Å²) in [7, 11) is -3.68. The summed E-state index contributed by atoms with van der Waals surface area (Å²) < 4.78 is 29.4. The minimum atomic E-state index is -3.68. The standard InChI is InChI=1S/C30H34N4O3S3/c1-4-32(5-2)18-19-34(30-31-27-15-12-25(38-3)20-28(27)39-30)29(35)23-10-13-26(14-11-23)40(36,37)33-17-16-22-8-6-7-9-24(22)21-33/h6-15,20H,4-5,16-19,21H2,1-3H3. The Morgan fingerprint density at radius 1 is 1.00 bits per heavy atom. The highest BCUT2D eigenvalue weighted by atomic mass is 32.2. The van der Waals surface area contributed by atoms with Crippen molar-refractivity contribution in [3.63, 3.8) is 0 Å². The van der Waals surface area contributed by atoms with Gasteiger partial charge in [-0.15, -0.1) is 11.8 Å². The molecule has 1 aliphatic rings. The zero-order chi connectivity index (χ0) is 28.3. The van der Waals surface area contributed by atoms with Gasteiger partial charge in [0.25, 0.3) is 5.91 Å². The lowest BCUT2D eigenvalue weighted by Gasteiger charge is -2.28. The molecule has 7 nitrogen and oxygen atoms in total. The van der Waals surface area contributed by atoms with Gasteiger partial charge in [0.05, 0.1) is 15.1 Å². The zero-order valence-corrected chi connectivity index (χ0v) is 25.5. The lowest BCUT2D eigenvalue weighted by atomic mass is 10.0. The van der Waals surface area contributed by atoms with Crippen LogP contribution in [-0.4, -0.2) is 67.5 Å². The van der Waals surface area contributed by atoms with E-state index >= 15 is 0 Å². The van der Waals surface area contributed by atoms with Gasteiger partial charge in [0.2, 0.25) is 10.0 Å². The summed E-state index contributed by atoms with van der Waals surface area (Å²) in [5.74, 6) is -0.188. The van der Waals surface area contributed by atoms with Crippen molar-refractivity contribution in [3.05, 3.63) is 83.4 Å². The van der Waals surface area contributed by atoms with Gasteiger partial charge < -0.3 is 4.90 Å². The molecule has 0 aliphatic carbocycles. The van der Waals surface area contributed by atoms with Gasteiger partial charge in [-0.05, 0) is 79.4 Å². The van der Waals surface area contributed by atoms with E-state index in [4.69, 9.17) is 4.98 Å². The van der Waals surface area contributed by atoms with Crippen molar-refractivity contribution in [2.75, 3.05) is 43.9 Å². The van der Waals surface area contributed by atoms with Crippen LogP contribution < -0.4 is 4.90 Å². The molecular formula is C30H34N4O3S3. The Morgan fingerprint density at radius 2 is 1.73 bits per heavy atom. The second kappa shape index (κ2) is 12.4. The van der Waals surface area contributed by atoms with Crippen LogP contribution in [0.5, 0.6) is 0 Å². The maximum Gasteiger partial charge on any atom is 0.260 e. The predicted molar refractivity (Wildman–Crippen MR) is 165 cm³/mol. The number of benzene rings is 3. The molecule has 0 bridgehead atoms. The highest BCUT2D eigenvalue weighted by Gasteiger charge is 2.29. The maximum atomic E-state index is 13.8. The molecule has 10 heteroatoms.